The Morgan fingerprint density at radius 2 is 1.81 bits per heavy atom. The Balaban J connectivity index is 2.18. The first-order valence-corrected chi connectivity index (χ1v) is 8.48. The van der Waals surface area contributed by atoms with Crippen molar-refractivity contribution in [1.82, 2.24) is 5.32 Å². The average Bonchev–Trinajstić information content (AvgIpc) is 2.76. The van der Waals surface area contributed by atoms with E-state index in [2.05, 4.69) is 38.3 Å². The van der Waals surface area contributed by atoms with Crippen molar-refractivity contribution in [3.05, 3.63) is 28.8 Å². The maximum absolute atomic E-state index is 5.71. The van der Waals surface area contributed by atoms with Crippen LogP contribution in [0.3, 0.4) is 0 Å². The molecule has 1 N–H and O–H groups in total. The Bertz CT molecular complexity index is 447. The molecule has 21 heavy (non-hydrogen) atoms. The Hall–Kier alpha value is -1.02. The van der Waals surface area contributed by atoms with E-state index in [1.165, 1.54) is 61.6 Å². The van der Waals surface area contributed by atoms with Gasteiger partial charge in [0, 0.05) is 11.6 Å². The fourth-order valence-electron chi connectivity index (χ4n) is 3.69. The van der Waals surface area contributed by atoms with Gasteiger partial charge in [0.15, 0.2) is 0 Å². The van der Waals surface area contributed by atoms with Crippen molar-refractivity contribution in [2.24, 2.45) is 5.92 Å². The molecule has 0 saturated heterocycles. The number of ether oxygens (including phenoxy) is 1. The second kappa shape index (κ2) is 7.84. The zero-order valence-corrected chi connectivity index (χ0v) is 14.2. The summed E-state index contributed by atoms with van der Waals surface area (Å²) in [5.74, 6) is 1.93. The number of aryl methyl sites for hydroxylation is 1. The van der Waals surface area contributed by atoms with Gasteiger partial charge in [0.2, 0.25) is 0 Å². The van der Waals surface area contributed by atoms with E-state index in [1.807, 2.05) is 0 Å². The third-order valence-electron chi connectivity index (χ3n) is 5.18. The molecule has 1 aliphatic rings. The molecule has 2 rings (SSSR count). The van der Waals surface area contributed by atoms with Crippen LogP contribution in [-0.4, -0.2) is 14.2 Å². The van der Waals surface area contributed by atoms with Gasteiger partial charge in [-0.3, -0.25) is 0 Å². The van der Waals surface area contributed by atoms with Gasteiger partial charge >= 0.3 is 0 Å². The molecule has 1 saturated carbocycles. The van der Waals surface area contributed by atoms with Crippen LogP contribution in [0.4, 0.5) is 0 Å². The van der Waals surface area contributed by atoms with E-state index in [0.29, 0.717) is 6.04 Å². The summed E-state index contributed by atoms with van der Waals surface area (Å²) in [5.41, 5.74) is 3.91. The first-order valence-electron chi connectivity index (χ1n) is 8.48. The summed E-state index contributed by atoms with van der Waals surface area (Å²) in [5, 5.41) is 3.53. The van der Waals surface area contributed by atoms with Gasteiger partial charge in [0.25, 0.3) is 0 Å². The summed E-state index contributed by atoms with van der Waals surface area (Å²) in [4.78, 5) is 0. The van der Waals surface area contributed by atoms with Gasteiger partial charge in [-0.05, 0) is 44.4 Å². The number of hydrogen-bond acceptors (Lipinski definition) is 2. The zero-order valence-electron chi connectivity index (χ0n) is 14.2. The fourth-order valence-corrected chi connectivity index (χ4v) is 3.69. The third-order valence-corrected chi connectivity index (χ3v) is 5.18. The van der Waals surface area contributed by atoms with Gasteiger partial charge in [0.1, 0.15) is 5.75 Å². The summed E-state index contributed by atoms with van der Waals surface area (Å²) in [6.45, 7) is 4.32. The smallest absolute Gasteiger partial charge is 0.126 e. The minimum Gasteiger partial charge on any atom is -0.496 e. The van der Waals surface area contributed by atoms with Crippen LogP contribution >= 0.6 is 0 Å². The van der Waals surface area contributed by atoms with Gasteiger partial charge in [0.05, 0.1) is 7.11 Å². The van der Waals surface area contributed by atoms with Crippen molar-refractivity contribution in [1.29, 1.82) is 0 Å². The van der Waals surface area contributed by atoms with Crippen molar-refractivity contribution in [2.45, 2.75) is 64.8 Å². The second-order valence-electron chi connectivity index (χ2n) is 6.56. The molecule has 0 spiro atoms. The first kappa shape index (κ1) is 16.4. The highest BCUT2D eigenvalue weighted by Gasteiger charge is 2.22. The predicted molar refractivity (Wildman–Crippen MR) is 90.1 cm³/mol. The highest BCUT2D eigenvalue weighted by Crippen LogP contribution is 2.36. The highest BCUT2D eigenvalue weighted by molar-refractivity contribution is 5.46. The molecular formula is C19H31NO. The first-order chi connectivity index (χ1) is 10.2. The molecule has 0 aromatic heterocycles. The zero-order chi connectivity index (χ0) is 15.2. The van der Waals surface area contributed by atoms with E-state index >= 15 is 0 Å². The Kier molecular flexibility index (Phi) is 6.10. The lowest BCUT2D eigenvalue weighted by Gasteiger charge is -2.25. The van der Waals surface area contributed by atoms with E-state index in [0.717, 1.165) is 11.7 Å². The van der Waals surface area contributed by atoms with E-state index in [9.17, 15) is 0 Å². The van der Waals surface area contributed by atoms with E-state index < -0.39 is 0 Å². The largest absolute Gasteiger partial charge is 0.496 e. The molecule has 1 aromatic rings. The molecule has 1 aromatic carbocycles. The molecule has 0 heterocycles. The Morgan fingerprint density at radius 1 is 1.14 bits per heavy atom. The Labute approximate surface area is 130 Å². The number of methoxy groups -OCH3 is 1. The lowest BCUT2D eigenvalue weighted by molar-refractivity contribution is 0.352. The van der Waals surface area contributed by atoms with E-state index in [4.69, 9.17) is 4.74 Å². The number of rotatable bonds is 5. The summed E-state index contributed by atoms with van der Waals surface area (Å²) in [6, 6.07) is 4.88. The summed E-state index contributed by atoms with van der Waals surface area (Å²) < 4.78 is 5.71. The third kappa shape index (κ3) is 4.00. The number of benzene rings is 1. The topological polar surface area (TPSA) is 21.3 Å². The molecule has 118 valence electrons. The van der Waals surface area contributed by atoms with Crippen molar-refractivity contribution >= 4 is 0 Å². The molecule has 0 bridgehead atoms. The normalized spacial score (nSPS) is 18.3. The highest BCUT2D eigenvalue weighted by atomic mass is 16.5. The summed E-state index contributed by atoms with van der Waals surface area (Å²) in [7, 11) is 3.87. The van der Waals surface area contributed by atoms with Gasteiger partial charge in [-0.1, -0.05) is 50.7 Å². The lowest BCUT2D eigenvalue weighted by Crippen LogP contribution is -2.21. The van der Waals surface area contributed by atoms with Crippen LogP contribution in [0.1, 0.15) is 67.7 Å². The van der Waals surface area contributed by atoms with Crippen molar-refractivity contribution in [3.63, 3.8) is 0 Å². The molecule has 1 atom stereocenters. The van der Waals surface area contributed by atoms with Crippen LogP contribution in [0.2, 0.25) is 0 Å². The van der Waals surface area contributed by atoms with Gasteiger partial charge in [-0.15, -0.1) is 0 Å². The molecule has 0 radical (unpaired) electrons. The molecular weight excluding hydrogens is 258 g/mol. The van der Waals surface area contributed by atoms with Crippen molar-refractivity contribution < 1.29 is 4.74 Å². The van der Waals surface area contributed by atoms with Crippen LogP contribution in [0, 0.1) is 19.8 Å². The maximum Gasteiger partial charge on any atom is 0.126 e. The fraction of sp³-hybridized carbons (Fsp3) is 0.684. The van der Waals surface area contributed by atoms with Crippen LogP contribution in [0.5, 0.6) is 5.75 Å². The standard InChI is InChI=1S/C19H31NO/c1-14-11-12-17(19(21-4)15(14)2)18(20-3)13-16-9-7-5-6-8-10-16/h11-12,16,18,20H,5-10,13H2,1-4H3. The lowest BCUT2D eigenvalue weighted by atomic mass is 9.88. The second-order valence-corrected chi connectivity index (χ2v) is 6.56. The predicted octanol–water partition coefficient (Wildman–Crippen LogP) is 4.93. The molecule has 1 unspecified atom stereocenters. The number of hydrogen-bond donors (Lipinski definition) is 1. The van der Waals surface area contributed by atoms with Crippen LogP contribution in [-0.2, 0) is 0 Å². The van der Waals surface area contributed by atoms with Crippen LogP contribution < -0.4 is 10.1 Å². The van der Waals surface area contributed by atoms with Gasteiger partial charge < -0.3 is 10.1 Å². The van der Waals surface area contributed by atoms with E-state index in [1.54, 1.807) is 7.11 Å². The molecule has 2 heteroatoms. The summed E-state index contributed by atoms with van der Waals surface area (Å²) >= 11 is 0. The molecule has 1 aliphatic carbocycles. The quantitative estimate of drug-likeness (QED) is 0.776. The molecule has 0 amide bonds. The maximum atomic E-state index is 5.71. The Morgan fingerprint density at radius 3 is 2.38 bits per heavy atom. The monoisotopic (exact) mass is 289 g/mol. The molecule has 0 aliphatic heterocycles. The molecule has 1 fully saturated rings. The van der Waals surface area contributed by atoms with Gasteiger partial charge in [-0.2, -0.15) is 0 Å². The van der Waals surface area contributed by atoms with Gasteiger partial charge in [-0.25, -0.2) is 0 Å². The summed E-state index contributed by atoms with van der Waals surface area (Å²) in [6.07, 6.45) is 9.68. The van der Waals surface area contributed by atoms with E-state index in [-0.39, 0.29) is 0 Å². The van der Waals surface area contributed by atoms with Crippen molar-refractivity contribution in [3.8, 4) is 5.75 Å². The van der Waals surface area contributed by atoms with Crippen LogP contribution in [0.15, 0.2) is 12.1 Å². The van der Waals surface area contributed by atoms with Crippen molar-refractivity contribution in [2.75, 3.05) is 14.2 Å². The minimum atomic E-state index is 0.405. The molecule has 2 nitrogen and oxygen atoms in total. The SMILES string of the molecule is CNC(CC1CCCCCC1)c1ccc(C)c(C)c1OC. The number of nitrogens with one attached hydrogen (secondary N) is 1. The van der Waals surface area contributed by atoms with Crippen LogP contribution in [0.25, 0.3) is 0 Å². The average molecular weight is 289 g/mol. The minimum absolute atomic E-state index is 0.405.